The van der Waals surface area contributed by atoms with Gasteiger partial charge in [-0.2, -0.15) is 0 Å². The molecule has 0 saturated heterocycles. The third kappa shape index (κ3) is 1.96. The summed E-state index contributed by atoms with van der Waals surface area (Å²) in [6, 6.07) is 7.05. The van der Waals surface area contributed by atoms with E-state index in [9.17, 15) is 14.4 Å². The maximum Gasteiger partial charge on any atom is 0.316 e. The Kier molecular flexibility index (Phi) is 3.12. The summed E-state index contributed by atoms with van der Waals surface area (Å²) < 4.78 is 4.70. The second-order valence-corrected chi connectivity index (χ2v) is 5.40. The van der Waals surface area contributed by atoms with Gasteiger partial charge < -0.3 is 9.72 Å². The first-order valence-electron chi connectivity index (χ1n) is 6.80. The Bertz CT molecular complexity index is 806. The molecule has 0 aliphatic heterocycles. The van der Waals surface area contributed by atoms with Crippen molar-refractivity contribution >= 4 is 22.7 Å². The zero-order valence-corrected chi connectivity index (χ0v) is 11.8. The molecule has 0 fully saturated rings. The number of carbonyl (C=O) groups excluding carboxylic acids is 2. The fourth-order valence-corrected chi connectivity index (χ4v) is 3.02. The van der Waals surface area contributed by atoms with Crippen molar-refractivity contribution in [3.8, 4) is 0 Å². The van der Waals surface area contributed by atoms with Gasteiger partial charge in [-0.15, -0.1) is 0 Å². The molecule has 21 heavy (non-hydrogen) atoms. The highest BCUT2D eigenvalue weighted by Crippen LogP contribution is 2.29. The van der Waals surface area contributed by atoms with Crippen molar-refractivity contribution < 1.29 is 14.3 Å². The molecular weight excluding hydrogens is 270 g/mol. The lowest BCUT2D eigenvalue weighted by atomic mass is 9.77. The minimum atomic E-state index is -0.898. The van der Waals surface area contributed by atoms with Crippen LogP contribution in [0.4, 0.5) is 0 Å². The quantitative estimate of drug-likeness (QED) is 0.639. The summed E-state index contributed by atoms with van der Waals surface area (Å²) in [4.78, 5) is 40.1. The molecule has 1 N–H and O–H groups in total. The molecule has 5 nitrogen and oxygen atoms in total. The van der Waals surface area contributed by atoms with Crippen molar-refractivity contribution in [3.63, 3.8) is 0 Å². The molecule has 0 radical (unpaired) electrons. The first-order chi connectivity index (χ1) is 10.0. The number of H-pyrrole nitrogens is 1. The number of Topliss-reactive ketones (excluding diaryl/α,β-unsaturated/α-hetero) is 1. The number of fused-ring (bicyclic) bond motifs is 2. The standard InChI is InChI=1S/C16H15NO4/c1-8-7-11-13(15(19)12(8)16(20)21-2)14(18)9-5-3-4-6-10(9)17-11/h3-6,8,12H,7H2,1-2H3,(H,17,18). The van der Waals surface area contributed by atoms with E-state index >= 15 is 0 Å². The van der Waals surface area contributed by atoms with Gasteiger partial charge in [0.25, 0.3) is 0 Å². The number of benzene rings is 1. The van der Waals surface area contributed by atoms with E-state index in [1.54, 1.807) is 18.2 Å². The van der Waals surface area contributed by atoms with Crippen molar-refractivity contribution in [2.45, 2.75) is 13.3 Å². The van der Waals surface area contributed by atoms with Crippen molar-refractivity contribution in [2.75, 3.05) is 7.11 Å². The lowest BCUT2D eigenvalue weighted by Gasteiger charge is -2.27. The first-order valence-corrected chi connectivity index (χ1v) is 6.80. The predicted molar refractivity (Wildman–Crippen MR) is 77.3 cm³/mol. The minimum Gasteiger partial charge on any atom is -0.468 e. The van der Waals surface area contributed by atoms with Gasteiger partial charge in [0.1, 0.15) is 5.92 Å². The van der Waals surface area contributed by atoms with Crippen LogP contribution in [0.25, 0.3) is 10.9 Å². The summed E-state index contributed by atoms with van der Waals surface area (Å²) in [5.74, 6) is -2.12. The number of ether oxygens (including phenoxy) is 1. The topological polar surface area (TPSA) is 76.2 Å². The molecular formula is C16H15NO4. The van der Waals surface area contributed by atoms with Gasteiger partial charge in [-0.1, -0.05) is 19.1 Å². The lowest BCUT2D eigenvalue weighted by molar-refractivity contribution is -0.145. The summed E-state index contributed by atoms with van der Waals surface area (Å²) in [6.45, 7) is 1.82. The average Bonchev–Trinajstić information content (AvgIpc) is 2.46. The fraction of sp³-hybridized carbons (Fsp3) is 0.312. The van der Waals surface area contributed by atoms with Gasteiger partial charge in [0, 0.05) is 16.6 Å². The van der Waals surface area contributed by atoms with Crippen LogP contribution in [0.5, 0.6) is 0 Å². The van der Waals surface area contributed by atoms with Gasteiger partial charge in [-0.05, 0) is 24.5 Å². The van der Waals surface area contributed by atoms with Gasteiger partial charge >= 0.3 is 5.97 Å². The van der Waals surface area contributed by atoms with Crippen LogP contribution in [-0.2, 0) is 16.0 Å². The molecule has 2 aromatic rings. The highest BCUT2D eigenvalue weighted by Gasteiger charge is 2.40. The van der Waals surface area contributed by atoms with Gasteiger partial charge in [-0.25, -0.2) is 0 Å². The molecule has 5 heteroatoms. The summed E-state index contributed by atoms with van der Waals surface area (Å²) >= 11 is 0. The third-order valence-electron chi connectivity index (χ3n) is 4.07. The summed E-state index contributed by atoms with van der Waals surface area (Å²) in [6.07, 6.45) is 0.473. The number of methoxy groups -OCH3 is 1. The fourth-order valence-electron chi connectivity index (χ4n) is 3.02. The number of esters is 1. The number of rotatable bonds is 1. The first kappa shape index (κ1) is 13.5. The Morgan fingerprint density at radius 2 is 2.00 bits per heavy atom. The molecule has 2 atom stereocenters. The normalized spacial score (nSPS) is 21.1. The summed E-state index contributed by atoms with van der Waals surface area (Å²) in [7, 11) is 1.25. The lowest BCUT2D eigenvalue weighted by Crippen LogP contribution is -2.40. The van der Waals surface area contributed by atoms with Crippen LogP contribution in [0.1, 0.15) is 23.0 Å². The van der Waals surface area contributed by atoms with Gasteiger partial charge in [0.2, 0.25) is 0 Å². The van der Waals surface area contributed by atoms with E-state index in [0.717, 1.165) is 0 Å². The van der Waals surface area contributed by atoms with Crippen LogP contribution in [0, 0.1) is 11.8 Å². The number of hydrogen-bond donors (Lipinski definition) is 1. The number of pyridine rings is 1. The Morgan fingerprint density at radius 3 is 2.71 bits per heavy atom. The molecule has 1 aliphatic rings. The molecule has 0 amide bonds. The van der Waals surface area contributed by atoms with Crippen LogP contribution in [0.2, 0.25) is 0 Å². The number of aromatic amines is 1. The molecule has 1 heterocycles. The van der Waals surface area contributed by atoms with E-state index in [2.05, 4.69) is 4.98 Å². The zero-order chi connectivity index (χ0) is 15.1. The van der Waals surface area contributed by atoms with Gasteiger partial charge in [0.05, 0.1) is 12.7 Å². The van der Waals surface area contributed by atoms with Crippen LogP contribution in [0.3, 0.4) is 0 Å². The highest BCUT2D eigenvalue weighted by molar-refractivity contribution is 6.11. The second-order valence-electron chi connectivity index (χ2n) is 5.40. The molecule has 1 aromatic carbocycles. The van der Waals surface area contributed by atoms with Gasteiger partial charge in [0.15, 0.2) is 11.2 Å². The second kappa shape index (κ2) is 4.84. The summed E-state index contributed by atoms with van der Waals surface area (Å²) in [5.41, 5.74) is 1.10. The van der Waals surface area contributed by atoms with Crippen LogP contribution in [0.15, 0.2) is 29.1 Å². The third-order valence-corrected chi connectivity index (χ3v) is 4.07. The largest absolute Gasteiger partial charge is 0.468 e. The van der Waals surface area contributed by atoms with Crippen molar-refractivity contribution in [3.05, 3.63) is 45.7 Å². The number of carbonyl (C=O) groups is 2. The Balaban J connectivity index is 2.25. The number of nitrogens with one attached hydrogen (secondary N) is 1. The van der Waals surface area contributed by atoms with E-state index in [1.807, 2.05) is 13.0 Å². The number of para-hydroxylation sites is 1. The molecule has 3 rings (SSSR count). The Hall–Kier alpha value is -2.43. The smallest absolute Gasteiger partial charge is 0.316 e. The predicted octanol–water partition coefficient (Wildman–Crippen LogP) is 1.69. The number of hydrogen-bond acceptors (Lipinski definition) is 4. The van der Waals surface area contributed by atoms with Crippen LogP contribution < -0.4 is 5.43 Å². The number of aromatic nitrogens is 1. The van der Waals surface area contributed by atoms with Crippen molar-refractivity contribution in [1.29, 1.82) is 0 Å². The maximum atomic E-state index is 12.6. The molecule has 0 saturated carbocycles. The minimum absolute atomic E-state index is 0.0993. The maximum absolute atomic E-state index is 12.6. The Morgan fingerprint density at radius 1 is 1.29 bits per heavy atom. The van der Waals surface area contributed by atoms with Crippen molar-refractivity contribution in [2.24, 2.45) is 11.8 Å². The molecule has 108 valence electrons. The molecule has 0 spiro atoms. The molecule has 1 aromatic heterocycles. The SMILES string of the molecule is COC(=O)C1C(=O)c2c([nH]c3ccccc3c2=O)CC1C. The molecule has 2 unspecified atom stereocenters. The van der Waals surface area contributed by atoms with E-state index in [4.69, 9.17) is 4.74 Å². The van der Waals surface area contributed by atoms with Crippen LogP contribution >= 0.6 is 0 Å². The van der Waals surface area contributed by atoms with E-state index in [1.165, 1.54) is 7.11 Å². The van der Waals surface area contributed by atoms with E-state index < -0.39 is 17.7 Å². The number of ketones is 1. The Labute approximate surface area is 120 Å². The van der Waals surface area contributed by atoms with Crippen molar-refractivity contribution in [1.82, 2.24) is 4.98 Å². The monoisotopic (exact) mass is 285 g/mol. The van der Waals surface area contributed by atoms with Gasteiger partial charge in [-0.3, -0.25) is 14.4 Å². The summed E-state index contributed by atoms with van der Waals surface area (Å²) in [5, 5.41) is 0.461. The van der Waals surface area contributed by atoms with E-state index in [-0.39, 0.29) is 16.9 Å². The highest BCUT2D eigenvalue weighted by atomic mass is 16.5. The average molecular weight is 285 g/mol. The zero-order valence-electron chi connectivity index (χ0n) is 11.8. The van der Waals surface area contributed by atoms with E-state index in [0.29, 0.717) is 23.0 Å². The molecule has 1 aliphatic carbocycles. The molecule has 0 bridgehead atoms. The van der Waals surface area contributed by atoms with Crippen LogP contribution in [-0.4, -0.2) is 23.8 Å².